The van der Waals surface area contributed by atoms with Gasteiger partial charge in [0, 0.05) is 25.0 Å². The molecular weight excluding hydrogens is 476 g/mol. The van der Waals surface area contributed by atoms with Gasteiger partial charge in [-0.15, -0.1) is 0 Å². The van der Waals surface area contributed by atoms with Crippen LogP contribution < -0.4 is 5.32 Å². The molecule has 0 radical (unpaired) electrons. The maximum Gasteiger partial charge on any atom is 0.404 e. The average Bonchev–Trinajstić information content (AvgIpc) is 3.49. The quantitative estimate of drug-likeness (QED) is 0.608. The molecule has 0 aliphatic heterocycles. The lowest BCUT2D eigenvalue weighted by molar-refractivity contribution is -0.164. The Morgan fingerprint density at radius 3 is 2.53 bits per heavy atom. The molecule has 1 amide bonds. The Morgan fingerprint density at radius 1 is 1.38 bits per heavy atom. The Labute approximate surface area is 186 Å². The van der Waals surface area contributed by atoms with E-state index < -0.39 is 43.9 Å². The predicted octanol–water partition coefficient (Wildman–Crippen LogP) is 4.31. The summed E-state index contributed by atoms with van der Waals surface area (Å²) < 4.78 is 79.9. The summed E-state index contributed by atoms with van der Waals surface area (Å²) in [6.07, 6.45) is -2.52. The number of carbonyl (C=O) groups excluding carboxylic acids is 1. The molecule has 0 spiro atoms. The first-order chi connectivity index (χ1) is 14.8. The lowest BCUT2D eigenvalue weighted by Crippen LogP contribution is -2.44. The van der Waals surface area contributed by atoms with Crippen molar-refractivity contribution in [1.82, 2.24) is 8.87 Å². The van der Waals surface area contributed by atoms with Gasteiger partial charge in [-0.3, -0.25) is 4.79 Å². The minimum Gasteiger partial charge on any atom is -0.338 e. The van der Waals surface area contributed by atoms with Gasteiger partial charge in [-0.25, -0.2) is 12.8 Å². The minimum absolute atomic E-state index is 0.0554. The molecule has 2 aromatic rings. The first kappa shape index (κ1) is 24.0. The smallest absolute Gasteiger partial charge is 0.338 e. The molecule has 0 bridgehead atoms. The molecule has 13 heteroatoms. The zero-order valence-corrected chi connectivity index (χ0v) is 18.3. The van der Waals surface area contributed by atoms with Crippen molar-refractivity contribution in [3.8, 4) is 6.07 Å². The van der Waals surface area contributed by atoms with Crippen molar-refractivity contribution in [2.75, 3.05) is 12.4 Å². The minimum atomic E-state index is -4.81. The fourth-order valence-corrected chi connectivity index (χ4v) is 4.90. The molecular formula is C19H17ClF4N4O3S. The molecule has 1 aromatic heterocycles. The van der Waals surface area contributed by atoms with Crippen LogP contribution in [0.2, 0.25) is 5.02 Å². The van der Waals surface area contributed by atoms with Crippen molar-refractivity contribution in [2.45, 2.75) is 42.9 Å². The first-order valence-corrected chi connectivity index (χ1v) is 11.1. The molecule has 1 aliphatic carbocycles. The Hall–Kier alpha value is -2.62. The van der Waals surface area contributed by atoms with Gasteiger partial charge in [0.15, 0.2) is 0 Å². The second kappa shape index (κ2) is 8.38. The maximum atomic E-state index is 13.5. The van der Waals surface area contributed by atoms with Crippen LogP contribution in [0.15, 0.2) is 29.3 Å². The molecule has 1 saturated carbocycles. The third-order valence-electron chi connectivity index (χ3n) is 5.11. The van der Waals surface area contributed by atoms with Gasteiger partial charge in [0.25, 0.3) is 5.91 Å². The number of aromatic nitrogens is 1. The number of alkyl halides is 3. The van der Waals surface area contributed by atoms with Gasteiger partial charge >= 0.3 is 6.18 Å². The van der Waals surface area contributed by atoms with Crippen LogP contribution in [0.4, 0.5) is 23.2 Å². The van der Waals surface area contributed by atoms with Crippen molar-refractivity contribution < 1.29 is 30.8 Å². The maximum absolute atomic E-state index is 13.5. The zero-order valence-electron chi connectivity index (χ0n) is 16.7. The van der Waals surface area contributed by atoms with Crippen LogP contribution in [-0.4, -0.2) is 42.5 Å². The molecule has 1 heterocycles. The lowest BCUT2D eigenvalue weighted by atomic mass is 10.2. The van der Waals surface area contributed by atoms with Crippen LogP contribution in [0.25, 0.3) is 0 Å². The number of carbonyl (C=O) groups is 1. The highest BCUT2D eigenvalue weighted by molar-refractivity contribution is 7.89. The van der Waals surface area contributed by atoms with Crippen molar-refractivity contribution in [2.24, 2.45) is 0 Å². The lowest BCUT2D eigenvalue weighted by Gasteiger charge is -2.25. The number of sulfonamides is 1. The van der Waals surface area contributed by atoms with E-state index in [-0.39, 0.29) is 27.3 Å². The largest absolute Gasteiger partial charge is 0.404 e. The van der Waals surface area contributed by atoms with Crippen LogP contribution in [-0.2, 0) is 10.0 Å². The molecule has 172 valence electrons. The Balaban J connectivity index is 2.02. The van der Waals surface area contributed by atoms with E-state index in [2.05, 4.69) is 5.32 Å². The number of nitriles is 1. The van der Waals surface area contributed by atoms with Gasteiger partial charge in [-0.2, -0.15) is 22.7 Å². The van der Waals surface area contributed by atoms with E-state index in [1.807, 2.05) is 0 Å². The van der Waals surface area contributed by atoms with Crippen LogP contribution in [0.3, 0.4) is 0 Å². The van der Waals surface area contributed by atoms with Gasteiger partial charge in [0.1, 0.15) is 28.5 Å². The van der Waals surface area contributed by atoms with E-state index in [1.54, 1.807) is 6.07 Å². The van der Waals surface area contributed by atoms with Crippen LogP contribution in [0, 0.1) is 17.1 Å². The van der Waals surface area contributed by atoms with E-state index in [0.29, 0.717) is 19.8 Å². The molecule has 0 saturated heterocycles. The van der Waals surface area contributed by atoms with Gasteiger partial charge in [-0.1, -0.05) is 11.6 Å². The monoisotopic (exact) mass is 492 g/mol. The summed E-state index contributed by atoms with van der Waals surface area (Å²) in [5.41, 5.74) is -0.527. The van der Waals surface area contributed by atoms with Gasteiger partial charge < -0.3 is 9.88 Å². The van der Waals surface area contributed by atoms with Crippen LogP contribution >= 0.6 is 11.6 Å². The van der Waals surface area contributed by atoms with Gasteiger partial charge in [-0.05, 0) is 38.0 Å². The number of hydrogen-bond acceptors (Lipinski definition) is 4. The SMILES string of the molecule is C[C@@H](N(C)S(=O)(=O)c1cn(C2CC2)c(C(=O)Nc2ccc(F)c(C#N)c2)c1Cl)C(F)(F)F. The predicted molar refractivity (Wildman–Crippen MR) is 107 cm³/mol. The highest BCUT2D eigenvalue weighted by Gasteiger charge is 2.45. The van der Waals surface area contributed by atoms with Crippen LogP contribution in [0.1, 0.15) is 41.9 Å². The number of anilines is 1. The molecule has 1 N–H and O–H groups in total. The van der Waals surface area contributed by atoms with Crippen molar-refractivity contribution in [3.05, 3.63) is 46.5 Å². The third-order valence-corrected chi connectivity index (χ3v) is 7.55. The van der Waals surface area contributed by atoms with E-state index in [0.717, 1.165) is 25.4 Å². The number of benzene rings is 1. The van der Waals surface area contributed by atoms with E-state index in [9.17, 15) is 30.8 Å². The van der Waals surface area contributed by atoms with E-state index >= 15 is 0 Å². The molecule has 1 aliphatic rings. The molecule has 32 heavy (non-hydrogen) atoms. The second-order valence-corrected chi connectivity index (χ2v) is 9.64. The molecule has 1 aromatic carbocycles. The summed E-state index contributed by atoms with van der Waals surface area (Å²) in [7, 11) is -3.92. The summed E-state index contributed by atoms with van der Waals surface area (Å²) in [5.74, 6) is -1.65. The van der Waals surface area contributed by atoms with Crippen molar-refractivity contribution >= 4 is 33.2 Å². The standard InChI is InChI=1S/C19H17ClF4N4O3S/c1-10(19(22,23)24)27(2)32(30,31)15-9-28(13-4-5-13)17(16(15)20)18(29)26-12-3-6-14(21)11(7-12)8-25/h3,6-7,9-10,13H,4-5H2,1-2H3,(H,26,29)/t10-/m1/s1. The number of hydrogen-bond donors (Lipinski definition) is 1. The van der Waals surface area contributed by atoms with Crippen molar-refractivity contribution in [1.29, 1.82) is 5.26 Å². The third kappa shape index (κ3) is 4.46. The Kier molecular flexibility index (Phi) is 6.29. The summed E-state index contributed by atoms with van der Waals surface area (Å²) in [6, 6.07) is 2.31. The number of rotatable bonds is 6. The summed E-state index contributed by atoms with van der Waals surface area (Å²) in [5, 5.41) is 10.8. The summed E-state index contributed by atoms with van der Waals surface area (Å²) in [6.45, 7) is 0.693. The Bertz CT molecular complexity index is 1220. The topological polar surface area (TPSA) is 95.2 Å². The van der Waals surface area contributed by atoms with Crippen LogP contribution in [0.5, 0.6) is 0 Å². The van der Waals surface area contributed by atoms with E-state index in [4.69, 9.17) is 16.9 Å². The second-order valence-electron chi connectivity index (χ2n) is 7.29. The molecule has 3 rings (SSSR count). The van der Waals surface area contributed by atoms with Gasteiger partial charge in [0.2, 0.25) is 10.0 Å². The summed E-state index contributed by atoms with van der Waals surface area (Å²) in [4.78, 5) is 12.3. The zero-order chi connectivity index (χ0) is 24.0. The first-order valence-electron chi connectivity index (χ1n) is 9.25. The molecule has 0 unspecified atom stereocenters. The highest BCUT2D eigenvalue weighted by Crippen LogP contribution is 2.42. The fraction of sp³-hybridized carbons (Fsp3) is 0.368. The molecule has 7 nitrogen and oxygen atoms in total. The average molecular weight is 493 g/mol. The highest BCUT2D eigenvalue weighted by atomic mass is 35.5. The number of amides is 1. The number of nitrogens with zero attached hydrogens (tertiary/aromatic N) is 3. The number of nitrogens with one attached hydrogen (secondary N) is 1. The summed E-state index contributed by atoms with van der Waals surface area (Å²) >= 11 is 6.21. The fourth-order valence-electron chi connectivity index (χ4n) is 2.96. The Morgan fingerprint density at radius 2 is 2.00 bits per heavy atom. The normalized spacial score (nSPS) is 15.5. The molecule has 1 fully saturated rings. The van der Waals surface area contributed by atoms with Gasteiger partial charge in [0.05, 0.1) is 10.6 Å². The van der Waals surface area contributed by atoms with E-state index in [1.165, 1.54) is 10.6 Å². The molecule has 1 atom stereocenters. The number of halogens is 5. The van der Waals surface area contributed by atoms with Crippen molar-refractivity contribution in [3.63, 3.8) is 0 Å².